The summed E-state index contributed by atoms with van der Waals surface area (Å²) in [6, 6.07) is 2.38. The third-order valence-electron chi connectivity index (χ3n) is 2.27. The predicted molar refractivity (Wildman–Crippen MR) is 64.4 cm³/mol. The van der Waals surface area contributed by atoms with E-state index < -0.39 is 31.1 Å². The summed E-state index contributed by atoms with van der Waals surface area (Å²) in [5, 5.41) is -0.126. The van der Waals surface area contributed by atoms with Crippen molar-refractivity contribution in [3.8, 4) is 0 Å². The minimum absolute atomic E-state index is 0.126. The zero-order chi connectivity index (χ0) is 15.5. The van der Waals surface area contributed by atoms with E-state index in [9.17, 15) is 22.8 Å². The van der Waals surface area contributed by atoms with Crippen LogP contribution < -0.4 is 0 Å². The summed E-state index contributed by atoms with van der Waals surface area (Å²) in [5.74, 6) is -2.05. The van der Waals surface area contributed by atoms with Crippen molar-refractivity contribution in [2.45, 2.75) is 6.18 Å². The van der Waals surface area contributed by atoms with Gasteiger partial charge in [0.05, 0.1) is 0 Å². The maximum atomic E-state index is 12.5. The van der Waals surface area contributed by atoms with Gasteiger partial charge in [0, 0.05) is 14.1 Å². The second-order valence-electron chi connectivity index (χ2n) is 4.17. The first-order valence-electron chi connectivity index (χ1n) is 5.41. The van der Waals surface area contributed by atoms with Crippen molar-refractivity contribution in [1.29, 1.82) is 0 Å². The van der Waals surface area contributed by atoms with Crippen molar-refractivity contribution in [3.05, 3.63) is 23.1 Å². The van der Waals surface area contributed by atoms with Gasteiger partial charge in [-0.15, -0.1) is 0 Å². The summed E-state index contributed by atoms with van der Waals surface area (Å²) >= 11 is 5.46. The van der Waals surface area contributed by atoms with E-state index in [1.807, 2.05) is 0 Å². The highest BCUT2D eigenvalue weighted by Gasteiger charge is 2.35. The Labute approximate surface area is 117 Å². The van der Waals surface area contributed by atoms with E-state index in [1.54, 1.807) is 0 Å². The van der Waals surface area contributed by atoms with Gasteiger partial charge in [-0.2, -0.15) is 13.2 Å². The van der Waals surface area contributed by atoms with Crippen LogP contribution in [0.1, 0.15) is 10.6 Å². The van der Waals surface area contributed by atoms with Crippen LogP contribution in [0, 0.1) is 0 Å². The van der Waals surface area contributed by atoms with E-state index in [1.165, 1.54) is 20.2 Å². The highest BCUT2D eigenvalue weighted by atomic mass is 35.5. The van der Waals surface area contributed by atoms with Crippen LogP contribution in [0.3, 0.4) is 0 Å². The van der Waals surface area contributed by atoms with Gasteiger partial charge in [-0.05, 0) is 23.7 Å². The van der Waals surface area contributed by atoms with E-state index in [0.29, 0.717) is 4.90 Å². The molecule has 5 nitrogen and oxygen atoms in total. The molecule has 0 aliphatic rings. The van der Waals surface area contributed by atoms with Gasteiger partial charge < -0.3 is 14.2 Å². The molecule has 0 aliphatic carbocycles. The number of likely N-dealkylation sites (N-methyl/N-ethyl adjacent to an activating group) is 1. The van der Waals surface area contributed by atoms with Crippen molar-refractivity contribution >= 4 is 23.4 Å². The minimum Gasteiger partial charge on any atom is -0.440 e. The molecule has 1 aromatic heterocycles. The van der Waals surface area contributed by atoms with Gasteiger partial charge in [-0.1, -0.05) is 0 Å². The topological polar surface area (TPSA) is 53.8 Å². The minimum atomic E-state index is -4.63. The molecule has 0 aromatic carbocycles. The van der Waals surface area contributed by atoms with Crippen molar-refractivity contribution in [1.82, 2.24) is 9.80 Å². The lowest BCUT2D eigenvalue weighted by Gasteiger charge is -2.23. The largest absolute Gasteiger partial charge is 0.440 e. The summed E-state index contributed by atoms with van der Waals surface area (Å²) in [6.07, 6.45) is -4.63. The number of hydrogen-bond donors (Lipinski definition) is 0. The Morgan fingerprint density at radius 3 is 2.30 bits per heavy atom. The Balaban J connectivity index is 2.92. The van der Waals surface area contributed by atoms with E-state index in [2.05, 4.69) is 0 Å². The summed E-state index contributed by atoms with van der Waals surface area (Å²) in [7, 11) is 2.75. The average molecular weight is 313 g/mol. The Hall–Kier alpha value is -1.70. The van der Waals surface area contributed by atoms with Crippen molar-refractivity contribution in [2.75, 3.05) is 27.2 Å². The van der Waals surface area contributed by atoms with Crippen molar-refractivity contribution in [2.24, 2.45) is 0 Å². The molecule has 0 saturated carbocycles. The summed E-state index contributed by atoms with van der Waals surface area (Å²) in [6.45, 7) is -2.26. The van der Waals surface area contributed by atoms with Gasteiger partial charge in [0.1, 0.15) is 13.1 Å². The molecular formula is C11H12ClF3N2O3. The molecule has 1 heterocycles. The fourth-order valence-corrected chi connectivity index (χ4v) is 1.45. The van der Waals surface area contributed by atoms with Gasteiger partial charge in [-0.25, -0.2) is 0 Å². The molecule has 2 amide bonds. The quantitative estimate of drug-likeness (QED) is 0.855. The van der Waals surface area contributed by atoms with E-state index in [0.717, 1.165) is 11.0 Å². The van der Waals surface area contributed by atoms with Gasteiger partial charge in [0.2, 0.25) is 5.91 Å². The Morgan fingerprint density at radius 2 is 1.90 bits per heavy atom. The zero-order valence-electron chi connectivity index (χ0n) is 10.7. The molecule has 20 heavy (non-hydrogen) atoms. The Kier molecular flexibility index (Phi) is 5.04. The molecule has 1 aromatic rings. The molecule has 0 N–H and O–H groups in total. The van der Waals surface area contributed by atoms with Crippen LogP contribution in [0.5, 0.6) is 0 Å². The van der Waals surface area contributed by atoms with Crippen LogP contribution in [0.15, 0.2) is 16.5 Å². The normalized spacial score (nSPS) is 11.3. The number of hydrogen-bond acceptors (Lipinski definition) is 3. The molecule has 0 radical (unpaired) electrons. The van der Waals surface area contributed by atoms with Crippen LogP contribution >= 0.6 is 11.6 Å². The molecule has 0 saturated heterocycles. The van der Waals surface area contributed by atoms with Crippen molar-refractivity contribution in [3.63, 3.8) is 0 Å². The number of halogens is 4. The second-order valence-corrected chi connectivity index (χ2v) is 4.54. The maximum Gasteiger partial charge on any atom is 0.406 e. The fraction of sp³-hybridized carbons (Fsp3) is 0.455. The molecular weight excluding hydrogens is 301 g/mol. The lowest BCUT2D eigenvalue weighted by Crippen LogP contribution is -2.44. The SMILES string of the molecule is CN(C)C(=O)CN(CC(F)(F)F)C(=O)c1ccc(Cl)o1. The summed E-state index contributed by atoms with van der Waals surface area (Å²) in [4.78, 5) is 24.8. The van der Waals surface area contributed by atoms with Gasteiger partial charge in [0.25, 0.3) is 5.91 Å². The molecule has 112 valence electrons. The smallest absolute Gasteiger partial charge is 0.406 e. The maximum absolute atomic E-state index is 12.5. The number of carbonyl (C=O) groups is 2. The van der Waals surface area contributed by atoms with Crippen LogP contribution in [-0.2, 0) is 4.79 Å². The molecule has 0 atom stereocenters. The predicted octanol–water partition coefficient (Wildman–Crippen LogP) is 2.03. The zero-order valence-corrected chi connectivity index (χ0v) is 11.5. The van der Waals surface area contributed by atoms with Crippen molar-refractivity contribution < 1.29 is 27.2 Å². The number of rotatable bonds is 4. The van der Waals surface area contributed by atoms with Crippen LogP contribution in [0.25, 0.3) is 0 Å². The standard InChI is InChI=1S/C11H12ClF3N2O3/c1-16(2)9(18)5-17(6-11(13,14)15)10(19)7-3-4-8(12)20-7/h3-4H,5-6H2,1-2H3. The fourth-order valence-electron chi connectivity index (χ4n) is 1.31. The van der Waals surface area contributed by atoms with Gasteiger partial charge in [0.15, 0.2) is 11.0 Å². The molecule has 0 fully saturated rings. The average Bonchev–Trinajstić information content (AvgIpc) is 2.72. The number of nitrogens with zero attached hydrogens (tertiary/aromatic N) is 2. The van der Waals surface area contributed by atoms with E-state index >= 15 is 0 Å². The molecule has 0 aliphatic heterocycles. The first kappa shape index (κ1) is 16.4. The lowest BCUT2D eigenvalue weighted by molar-refractivity contribution is -0.146. The number of furan rings is 1. The first-order valence-corrected chi connectivity index (χ1v) is 5.79. The second kappa shape index (κ2) is 6.17. The van der Waals surface area contributed by atoms with Gasteiger partial charge >= 0.3 is 6.18 Å². The third kappa shape index (κ3) is 4.76. The lowest BCUT2D eigenvalue weighted by atomic mass is 10.3. The molecule has 0 bridgehead atoms. The van der Waals surface area contributed by atoms with E-state index in [4.69, 9.17) is 16.0 Å². The number of carbonyl (C=O) groups excluding carboxylic acids is 2. The van der Waals surface area contributed by atoms with E-state index in [-0.39, 0.29) is 11.0 Å². The highest BCUT2D eigenvalue weighted by Crippen LogP contribution is 2.20. The summed E-state index contributed by atoms with van der Waals surface area (Å²) in [5.41, 5.74) is 0. The van der Waals surface area contributed by atoms with Crippen LogP contribution in [0.4, 0.5) is 13.2 Å². The monoisotopic (exact) mass is 312 g/mol. The Bertz CT molecular complexity index is 499. The number of amides is 2. The first-order chi connectivity index (χ1) is 9.10. The highest BCUT2D eigenvalue weighted by molar-refractivity contribution is 6.29. The van der Waals surface area contributed by atoms with Crippen LogP contribution in [-0.4, -0.2) is 55.0 Å². The van der Waals surface area contributed by atoms with Gasteiger partial charge in [-0.3, -0.25) is 9.59 Å². The number of alkyl halides is 3. The van der Waals surface area contributed by atoms with Crippen LogP contribution in [0.2, 0.25) is 5.22 Å². The molecule has 1 rings (SSSR count). The molecule has 0 spiro atoms. The molecule has 0 unspecified atom stereocenters. The third-order valence-corrected chi connectivity index (χ3v) is 2.47. The Morgan fingerprint density at radius 1 is 1.30 bits per heavy atom. The molecule has 9 heteroatoms. The summed E-state index contributed by atoms with van der Waals surface area (Å²) < 4.78 is 42.2.